The molecule has 0 radical (unpaired) electrons. The Kier molecular flexibility index (Phi) is 5.13. The average Bonchev–Trinajstić information content (AvgIpc) is 2.67. The number of benzene rings is 2. The monoisotopic (exact) mass is 327 g/mol. The molecule has 5 heteroatoms. The van der Waals surface area contributed by atoms with Crippen LogP contribution in [0, 0.1) is 0 Å². The Morgan fingerprint density at radius 2 is 1.79 bits per heavy atom. The molecule has 1 saturated heterocycles. The Balaban J connectivity index is 1.79. The van der Waals surface area contributed by atoms with Crippen molar-refractivity contribution in [1.82, 2.24) is 4.90 Å². The van der Waals surface area contributed by atoms with Crippen molar-refractivity contribution in [3.05, 3.63) is 71.8 Å². The highest BCUT2D eigenvalue weighted by atomic mass is 16.6. The first-order valence-corrected chi connectivity index (χ1v) is 7.99. The lowest BCUT2D eigenvalue weighted by atomic mass is 9.89. The molecule has 1 N–H and O–H groups in total. The van der Waals surface area contributed by atoms with Crippen molar-refractivity contribution in [2.45, 2.75) is 12.1 Å². The Labute approximate surface area is 141 Å². The van der Waals surface area contributed by atoms with Crippen LogP contribution in [0.15, 0.2) is 60.7 Å². The van der Waals surface area contributed by atoms with E-state index < -0.39 is 11.6 Å². The van der Waals surface area contributed by atoms with Crippen molar-refractivity contribution in [1.29, 1.82) is 0 Å². The molecular weight excluding hydrogens is 306 g/mol. The minimum atomic E-state index is -0.909. The maximum atomic E-state index is 12.7. The van der Waals surface area contributed by atoms with Gasteiger partial charge in [-0.25, -0.2) is 4.79 Å². The van der Waals surface area contributed by atoms with Gasteiger partial charge in [0.1, 0.15) is 12.1 Å². The lowest BCUT2D eigenvalue weighted by Gasteiger charge is -2.45. The van der Waals surface area contributed by atoms with E-state index in [2.05, 4.69) is 0 Å². The number of hydrogen-bond acceptors (Lipinski definition) is 4. The van der Waals surface area contributed by atoms with Crippen LogP contribution in [0.2, 0.25) is 0 Å². The number of carbonyl (C=O) groups excluding carboxylic acids is 1. The summed E-state index contributed by atoms with van der Waals surface area (Å²) in [6, 6.07) is 19.0. The SMILES string of the molecule is O=C(OCc1ccccc1)N1CCOCC1(CO)c1ccccc1. The average molecular weight is 327 g/mol. The fourth-order valence-corrected chi connectivity index (χ4v) is 2.96. The Morgan fingerprint density at radius 1 is 1.12 bits per heavy atom. The molecule has 1 fully saturated rings. The van der Waals surface area contributed by atoms with Crippen LogP contribution in [-0.2, 0) is 21.6 Å². The van der Waals surface area contributed by atoms with Crippen molar-refractivity contribution >= 4 is 6.09 Å². The number of hydrogen-bond donors (Lipinski definition) is 1. The number of carbonyl (C=O) groups is 1. The van der Waals surface area contributed by atoms with Crippen molar-refractivity contribution in [3.8, 4) is 0 Å². The summed E-state index contributed by atoms with van der Waals surface area (Å²) in [5.74, 6) is 0. The van der Waals surface area contributed by atoms with Gasteiger partial charge in [0.2, 0.25) is 0 Å². The topological polar surface area (TPSA) is 59.0 Å². The van der Waals surface area contributed by atoms with Gasteiger partial charge in [-0.05, 0) is 11.1 Å². The van der Waals surface area contributed by atoms with E-state index in [1.54, 1.807) is 4.90 Å². The highest BCUT2D eigenvalue weighted by Gasteiger charge is 2.44. The largest absolute Gasteiger partial charge is 0.445 e. The summed E-state index contributed by atoms with van der Waals surface area (Å²) in [6.45, 7) is 1.02. The van der Waals surface area contributed by atoms with Gasteiger partial charge < -0.3 is 14.6 Å². The van der Waals surface area contributed by atoms with Crippen LogP contribution >= 0.6 is 0 Å². The molecule has 2 aromatic carbocycles. The standard InChI is InChI=1S/C19H21NO4/c21-14-19(17-9-5-2-6-10-17)15-23-12-11-20(19)18(22)24-13-16-7-3-1-4-8-16/h1-10,21H,11-15H2. The van der Waals surface area contributed by atoms with Crippen molar-refractivity contribution in [2.75, 3.05) is 26.4 Å². The molecule has 2 aromatic rings. The molecule has 1 amide bonds. The maximum absolute atomic E-state index is 12.7. The third-order valence-electron chi connectivity index (χ3n) is 4.31. The van der Waals surface area contributed by atoms with Crippen LogP contribution in [-0.4, -0.2) is 42.5 Å². The van der Waals surface area contributed by atoms with E-state index in [-0.39, 0.29) is 19.8 Å². The van der Waals surface area contributed by atoms with Crippen molar-refractivity contribution in [2.24, 2.45) is 0 Å². The number of amides is 1. The summed E-state index contributed by atoms with van der Waals surface area (Å²) < 4.78 is 11.0. The third-order valence-corrected chi connectivity index (χ3v) is 4.31. The number of morpholine rings is 1. The van der Waals surface area contributed by atoms with Gasteiger partial charge in [0, 0.05) is 6.54 Å². The molecule has 3 rings (SSSR count). The zero-order chi connectivity index (χ0) is 16.8. The molecule has 0 spiro atoms. The van der Waals surface area contributed by atoms with E-state index in [9.17, 15) is 9.90 Å². The molecule has 1 atom stereocenters. The number of nitrogens with zero attached hydrogens (tertiary/aromatic N) is 1. The Hall–Kier alpha value is -2.37. The van der Waals surface area contributed by atoms with Crippen LogP contribution in [0.3, 0.4) is 0 Å². The van der Waals surface area contributed by atoms with Gasteiger partial charge >= 0.3 is 6.09 Å². The second-order valence-corrected chi connectivity index (χ2v) is 5.80. The van der Waals surface area contributed by atoms with E-state index >= 15 is 0 Å². The van der Waals surface area contributed by atoms with Gasteiger partial charge in [0.05, 0.1) is 19.8 Å². The summed E-state index contributed by atoms with van der Waals surface area (Å²) in [6.07, 6.45) is -0.444. The van der Waals surface area contributed by atoms with Crippen LogP contribution in [0.1, 0.15) is 11.1 Å². The van der Waals surface area contributed by atoms with E-state index in [1.165, 1.54) is 0 Å². The molecule has 1 heterocycles. The summed E-state index contributed by atoms with van der Waals surface area (Å²) in [5.41, 5.74) is 0.852. The van der Waals surface area contributed by atoms with Gasteiger partial charge in [0.15, 0.2) is 0 Å². The lowest BCUT2D eigenvalue weighted by molar-refractivity contribution is -0.0876. The predicted octanol–water partition coefficient (Wildman–Crippen LogP) is 2.54. The maximum Gasteiger partial charge on any atom is 0.411 e. The van der Waals surface area contributed by atoms with Gasteiger partial charge in [-0.3, -0.25) is 4.90 Å². The van der Waals surface area contributed by atoms with E-state index in [0.717, 1.165) is 11.1 Å². The fraction of sp³-hybridized carbons (Fsp3) is 0.316. The molecule has 0 aliphatic carbocycles. The predicted molar refractivity (Wildman–Crippen MR) is 89.4 cm³/mol. The molecule has 0 bridgehead atoms. The molecule has 0 aromatic heterocycles. The summed E-state index contributed by atoms with van der Waals surface area (Å²) in [7, 11) is 0. The number of aliphatic hydroxyl groups excluding tert-OH is 1. The molecule has 126 valence electrons. The normalized spacial score (nSPS) is 20.6. The second-order valence-electron chi connectivity index (χ2n) is 5.80. The van der Waals surface area contributed by atoms with E-state index in [4.69, 9.17) is 9.47 Å². The van der Waals surface area contributed by atoms with Crippen LogP contribution in [0.25, 0.3) is 0 Å². The quantitative estimate of drug-likeness (QED) is 0.937. The van der Waals surface area contributed by atoms with Crippen LogP contribution in [0.5, 0.6) is 0 Å². The van der Waals surface area contributed by atoms with E-state index in [1.807, 2.05) is 60.7 Å². The second kappa shape index (κ2) is 7.47. The summed E-state index contributed by atoms with van der Waals surface area (Å²) >= 11 is 0. The molecule has 1 aliphatic rings. The highest BCUT2D eigenvalue weighted by molar-refractivity contribution is 5.69. The number of rotatable bonds is 4. The molecule has 24 heavy (non-hydrogen) atoms. The minimum absolute atomic E-state index is 0.202. The summed E-state index contributed by atoms with van der Waals surface area (Å²) in [5, 5.41) is 10.1. The zero-order valence-corrected chi connectivity index (χ0v) is 13.4. The molecule has 1 unspecified atom stereocenters. The molecular formula is C19H21NO4. The first-order chi connectivity index (χ1) is 11.8. The smallest absolute Gasteiger partial charge is 0.411 e. The first kappa shape index (κ1) is 16.5. The number of aliphatic hydroxyl groups is 1. The lowest BCUT2D eigenvalue weighted by Crippen LogP contribution is -2.59. The van der Waals surface area contributed by atoms with Gasteiger partial charge in [-0.2, -0.15) is 0 Å². The van der Waals surface area contributed by atoms with Crippen molar-refractivity contribution in [3.63, 3.8) is 0 Å². The van der Waals surface area contributed by atoms with Gasteiger partial charge in [-0.15, -0.1) is 0 Å². The van der Waals surface area contributed by atoms with Gasteiger partial charge in [0.25, 0.3) is 0 Å². The minimum Gasteiger partial charge on any atom is -0.445 e. The highest BCUT2D eigenvalue weighted by Crippen LogP contribution is 2.32. The van der Waals surface area contributed by atoms with Gasteiger partial charge in [-0.1, -0.05) is 60.7 Å². The molecule has 1 aliphatic heterocycles. The molecule has 0 saturated carbocycles. The molecule has 5 nitrogen and oxygen atoms in total. The Bertz CT molecular complexity index is 662. The zero-order valence-electron chi connectivity index (χ0n) is 13.4. The van der Waals surface area contributed by atoms with E-state index in [0.29, 0.717) is 13.2 Å². The first-order valence-electron chi connectivity index (χ1n) is 7.99. The fourth-order valence-electron chi connectivity index (χ4n) is 2.96. The van der Waals surface area contributed by atoms with Crippen LogP contribution < -0.4 is 0 Å². The Morgan fingerprint density at radius 3 is 2.46 bits per heavy atom. The van der Waals surface area contributed by atoms with Crippen LogP contribution in [0.4, 0.5) is 4.79 Å². The summed E-state index contributed by atoms with van der Waals surface area (Å²) in [4.78, 5) is 14.2. The third kappa shape index (κ3) is 3.27. The van der Waals surface area contributed by atoms with Crippen molar-refractivity contribution < 1.29 is 19.4 Å². The number of ether oxygens (including phenoxy) is 2.